The lowest BCUT2D eigenvalue weighted by Gasteiger charge is -2.15. The Morgan fingerprint density at radius 3 is 2.68 bits per heavy atom. The number of aromatic nitrogens is 1. The van der Waals surface area contributed by atoms with Crippen molar-refractivity contribution in [1.82, 2.24) is 4.98 Å². The second-order valence-corrected chi connectivity index (χ2v) is 5.16. The van der Waals surface area contributed by atoms with Gasteiger partial charge in [-0.15, -0.1) is 0 Å². The van der Waals surface area contributed by atoms with Crippen LogP contribution < -0.4 is 10.1 Å². The van der Waals surface area contributed by atoms with Gasteiger partial charge in [0.25, 0.3) is 0 Å². The number of halogens is 1. The lowest BCUT2D eigenvalue weighted by molar-refractivity contribution is 0.420. The van der Waals surface area contributed by atoms with Gasteiger partial charge in [0, 0.05) is 17.9 Å². The van der Waals surface area contributed by atoms with Gasteiger partial charge in [-0.05, 0) is 31.0 Å². The number of nitrogens with one attached hydrogen (secondary N) is 1. The molecule has 0 unspecified atom stereocenters. The molecule has 0 saturated carbocycles. The maximum atomic E-state index is 6.29. The molecule has 19 heavy (non-hydrogen) atoms. The summed E-state index contributed by atoms with van der Waals surface area (Å²) in [6.07, 6.45) is 0. The molecule has 0 radical (unpaired) electrons. The van der Waals surface area contributed by atoms with Crippen molar-refractivity contribution in [1.29, 1.82) is 0 Å². The molecule has 0 amide bonds. The van der Waals surface area contributed by atoms with Crippen molar-refractivity contribution in [2.75, 3.05) is 19.0 Å². The highest BCUT2D eigenvalue weighted by Crippen LogP contribution is 2.37. The van der Waals surface area contributed by atoms with E-state index in [0.717, 1.165) is 34.6 Å². The van der Waals surface area contributed by atoms with E-state index in [-0.39, 0.29) is 0 Å². The van der Waals surface area contributed by atoms with Crippen LogP contribution in [0.2, 0.25) is 5.02 Å². The Kier molecular flexibility index (Phi) is 4.15. The summed E-state index contributed by atoms with van der Waals surface area (Å²) in [4.78, 5) is 4.67. The zero-order valence-corrected chi connectivity index (χ0v) is 12.5. The molecule has 2 aromatic rings. The van der Waals surface area contributed by atoms with Crippen LogP contribution in [0.5, 0.6) is 5.75 Å². The van der Waals surface area contributed by atoms with Crippen molar-refractivity contribution in [2.24, 2.45) is 0 Å². The Morgan fingerprint density at radius 2 is 2.11 bits per heavy atom. The quantitative estimate of drug-likeness (QED) is 0.897. The minimum Gasteiger partial charge on any atom is -0.496 e. The van der Waals surface area contributed by atoms with Crippen LogP contribution in [0.4, 0.5) is 5.69 Å². The third-order valence-electron chi connectivity index (χ3n) is 3.07. The van der Waals surface area contributed by atoms with E-state index in [9.17, 15) is 0 Å². The molecule has 0 aliphatic rings. The number of nitrogens with zero attached hydrogens (tertiary/aromatic N) is 1. The van der Waals surface area contributed by atoms with E-state index in [4.69, 9.17) is 16.3 Å². The third kappa shape index (κ3) is 2.61. The van der Waals surface area contributed by atoms with Gasteiger partial charge in [-0.25, -0.2) is 0 Å². The molecule has 1 aromatic carbocycles. The van der Waals surface area contributed by atoms with Crippen molar-refractivity contribution in [3.63, 3.8) is 0 Å². The van der Waals surface area contributed by atoms with Gasteiger partial charge in [0.2, 0.25) is 0 Å². The average molecular weight is 279 g/mol. The van der Waals surface area contributed by atoms with Crippen molar-refractivity contribution < 1.29 is 4.74 Å². The number of hydrogen-bond donors (Lipinski definition) is 1. The van der Waals surface area contributed by atoms with Crippen LogP contribution in [0, 0.1) is 0 Å². The van der Waals surface area contributed by atoms with Gasteiger partial charge in [0.1, 0.15) is 5.75 Å². The zero-order valence-electron chi connectivity index (χ0n) is 11.7. The Bertz CT molecular complexity index is 596. The Hall–Kier alpha value is -1.48. The summed E-state index contributed by atoms with van der Waals surface area (Å²) in [5.41, 5.74) is 2.84. The number of methoxy groups -OCH3 is 1. The lowest BCUT2D eigenvalue weighted by Crippen LogP contribution is -2.03. The molecule has 0 fully saturated rings. The third-order valence-corrected chi connectivity index (χ3v) is 3.38. The number of benzene rings is 1. The molecule has 0 spiro atoms. The fourth-order valence-electron chi connectivity index (χ4n) is 2.09. The van der Waals surface area contributed by atoms with E-state index in [1.54, 1.807) is 7.11 Å². The minimum atomic E-state index is 0.351. The minimum absolute atomic E-state index is 0.351. The Balaban J connectivity index is 2.81. The molecule has 0 aliphatic carbocycles. The van der Waals surface area contributed by atoms with Crippen LogP contribution in [-0.2, 0) is 0 Å². The second kappa shape index (κ2) is 5.66. The van der Waals surface area contributed by atoms with Gasteiger partial charge in [0.05, 0.1) is 23.0 Å². The predicted molar refractivity (Wildman–Crippen MR) is 81.6 cm³/mol. The van der Waals surface area contributed by atoms with Crippen LogP contribution in [0.1, 0.15) is 32.4 Å². The molecule has 102 valence electrons. The zero-order chi connectivity index (χ0) is 14.0. The molecule has 0 atom stereocenters. The SMILES string of the molecule is CCNc1cc(C(C)C)nc2c(Cl)ccc(OC)c12. The van der Waals surface area contributed by atoms with Crippen LogP contribution in [0.15, 0.2) is 18.2 Å². The van der Waals surface area contributed by atoms with Gasteiger partial charge >= 0.3 is 0 Å². The maximum Gasteiger partial charge on any atom is 0.130 e. The number of pyridine rings is 1. The highest BCUT2D eigenvalue weighted by atomic mass is 35.5. The van der Waals surface area contributed by atoms with E-state index < -0.39 is 0 Å². The maximum absolute atomic E-state index is 6.29. The molecule has 3 nitrogen and oxygen atoms in total. The summed E-state index contributed by atoms with van der Waals surface area (Å²) in [5.74, 6) is 1.14. The van der Waals surface area contributed by atoms with E-state index in [0.29, 0.717) is 10.9 Å². The molecule has 1 N–H and O–H groups in total. The summed E-state index contributed by atoms with van der Waals surface area (Å²) < 4.78 is 5.43. The smallest absolute Gasteiger partial charge is 0.130 e. The van der Waals surface area contributed by atoms with E-state index in [2.05, 4.69) is 37.1 Å². The largest absolute Gasteiger partial charge is 0.496 e. The summed E-state index contributed by atoms with van der Waals surface area (Å²) >= 11 is 6.29. The molecule has 4 heteroatoms. The summed E-state index contributed by atoms with van der Waals surface area (Å²) in [5, 5.41) is 4.97. The van der Waals surface area contributed by atoms with Crippen LogP contribution in [0.3, 0.4) is 0 Å². The molecule has 0 aliphatic heterocycles. The van der Waals surface area contributed by atoms with E-state index in [1.165, 1.54) is 0 Å². The van der Waals surface area contributed by atoms with Gasteiger partial charge in [-0.2, -0.15) is 0 Å². The van der Waals surface area contributed by atoms with E-state index in [1.807, 2.05) is 12.1 Å². The van der Waals surface area contributed by atoms with Crippen molar-refractivity contribution in [3.8, 4) is 5.75 Å². The lowest BCUT2D eigenvalue weighted by atomic mass is 10.1. The van der Waals surface area contributed by atoms with Crippen LogP contribution in [-0.4, -0.2) is 18.6 Å². The molecular weight excluding hydrogens is 260 g/mol. The number of ether oxygens (including phenoxy) is 1. The molecule has 1 heterocycles. The fourth-order valence-corrected chi connectivity index (χ4v) is 2.29. The number of hydrogen-bond acceptors (Lipinski definition) is 3. The number of rotatable bonds is 4. The topological polar surface area (TPSA) is 34.2 Å². The van der Waals surface area contributed by atoms with Crippen molar-refractivity contribution in [2.45, 2.75) is 26.7 Å². The Labute approximate surface area is 118 Å². The van der Waals surface area contributed by atoms with Gasteiger partial charge < -0.3 is 10.1 Å². The first-order valence-electron chi connectivity index (χ1n) is 6.49. The highest BCUT2D eigenvalue weighted by Gasteiger charge is 2.14. The molecule has 0 saturated heterocycles. The number of anilines is 1. The summed E-state index contributed by atoms with van der Waals surface area (Å²) in [6, 6.07) is 5.78. The predicted octanol–water partition coefficient (Wildman–Crippen LogP) is 4.45. The first-order valence-corrected chi connectivity index (χ1v) is 6.87. The van der Waals surface area contributed by atoms with Gasteiger partial charge in [-0.1, -0.05) is 25.4 Å². The summed E-state index contributed by atoms with van der Waals surface area (Å²) in [7, 11) is 1.66. The molecule has 0 bridgehead atoms. The monoisotopic (exact) mass is 278 g/mol. The van der Waals surface area contributed by atoms with Gasteiger partial charge in [0.15, 0.2) is 0 Å². The second-order valence-electron chi connectivity index (χ2n) is 4.75. The van der Waals surface area contributed by atoms with Crippen LogP contribution >= 0.6 is 11.6 Å². The highest BCUT2D eigenvalue weighted by molar-refractivity contribution is 6.35. The van der Waals surface area contributed by atoms with Crippen molar-refractivity contribution >= 4 is 28.2 Å². The Morgan fingerprint density at radius 1 is 1.37 bits per heavy atom. The van der Waals surface area contributed by atoms with Crippen LogP contribution in [0.25, 0.3) is 10.9 Å². The first kappa shape index (κ1) is 13.9. The van der Waals surface area contributed by atoms with Gasteiger partial charge in [-0.3, -0.25) is 4.98 Å². The molecule has 1 aromatic heterocycles. The molecular formula is C15H19ClN2O. The first-order chi connectivity index (χ1) is 9.08. The normalized spacial score (nSPS) is 11.1. The van der Waals surface area contributed by atoms with E-state index >= 15 is 0 Å². The molecule has 2 rings (SSSR count). The van der Waals surface area contributed by atoms with Crippen molar-refractivity contribution in [3.05, 3.63) is 28.9 Å². The average Bonchev–Trinajstić information content (AvgIpc) is 2.39. The number of fused-ring (bicyclic) bond motifs is 1. The fraction of sp³-hybridized carbons (Fsp3) is 0.400. The standard InChI is InChI=1S/C15H19ClN2O/c1-5-17-12-8-11(9(2)3)18-15-10(16)6-7-13(19-4)14(12)15/h6-9H,5H2,1-4H3,(H,17,18). The summed E-state index contributed by atoms with van der Waals surface area (Å²) in [6.45, 7) is 7.15.